The normalized spacial score (nSPS) is 19.8. The number of nitrogens with zero attached hydrogens (tertiary/aromatic N) is 1. The highest BCUT2D eigenvalue weighted by atomic mass is 32.2. The third kappa shape index (κ3) is 0.830. The van der Waals surface area contributed by atoms with Gasteiger partial charge in [0.25, 0.3) is 0 Å². The van der Waals surface area contributed by atoms with E-state index in [1.54, 1.807) is 6.20 Å². The first-order valence-corrected chi connectivity index (χ1v) is 2.68. The molecule has 0 aromatic carbocycles. The summed E-state index contributed by atoms with van der Waals surface area (Å²) in [4.78, 5) is 2.77. The van der Waals surface area contributed by atoms with Crippen molar-refractivity contribution in [3.8, 4) is 0 Å². The van der Waals surface area contributed by atoms with Crippen LogP contribution in [0.1, 0.15) is 0 Å². The molecule has 0 atom stereocenters. The minimum Gasteiger partial charge on any atom is -0.235 e. The van der Waals surface area contributed by atoms with Crippen molar-refractivity contribution in [1.29, 1.82) is 0 Å². The van der Waals surface area contributed by atoms with E-state index in [0.29, 0.717) is 0 Å². The molecule has 0 unspecified atom stereocenters. The van der Waals surface area contributed by atoms with Crippen molar-refractivity contribution >= 4 is 24.8 Å². The van der Waals surface area contributed by atoms with E-state index in [4.69, 9.17) is 0 Å². The largest absolute Gasteiger partial charge is 0.235 e. The van der Waals surface area contributed by atoms with Crippen LogP contribution < -0.4 is 4.83 Å². The fourth-order valence-electron chi connectivity index (χ4n) is 0.199. The molecule has 1 N–H and O–H groups in total. The summed E-state index contributed by atoms with van der Waals surface area (Å²) in [7, 11) is 0. The van der Waals surface area contributed by atoms with Crippen LogP contribution in [0.15, 0.2) is 11.6 Å². The van der Waals surface area contributed by atoms with Crippen LogP contribution in [0.4, 0.5) is 0 Å². The number of hydrogen-bond acceptors (Lipinski definition) is 3. The Hall–Kier alpha value is 0.200. The zero-order chi connectivity index (χ0) is 4.41. The predicted molar refractivity (Wildman–Crippen MR) is 29.3 cm³/mol. The maximum atomic E-state index is 4.62. The molecule has 0 spiro atoms. The standard InChI is InChI=1S/C2H3N2S2/c5-4-1-2-6-3-4/h1-3H. The van der Waals surface area contributed by atoms with Crippen molar-refractivity contribution in [2.24, 2.45) is 0 Å². The van der Waals surface area contributed by atoms with E-state index in [0.717, 1.165) is 0 Å². The lowest BCUT2D eigenvalue weighted by molar-refractivity contribution is 0.628. The molecule has 0 fully saturated rings. The van der Waals surface area contributed by atoms with Crippen LogP contribution >= 0.6 is 24.8 Å². The van der Waals surface area contributed by atoms with Gasteiger partial charge in [-0.25, -0.2) is 4.41 Å². The summed E-state index contributed by atoms with van der Waals surface area (Å²) in [5.41, 5.74) is 0. The molecule has 1 aliphatic heterocycles. The minimum absolute atomic E-state index is 1.47. The average Bonchev–Trinajstić information content (AvgIpc) is 1.86. The molecule has 1 aliphatic rings. The molecule has 0 saturated carbocycles. The van der Waals surface area contributed by atoms with Gasteiger partial charge < -0.3 is 0 Å². The molecule has 0 aromatic rings. The number of rotatable bonds is 0. The van der Waals surface area contributed by atoms with Crippen LogP contribution in [-0.4, -0.2) is 4.41 Å². The zero-order valence-electron chi connectivity index (χ0n) is 2.92. The first-order chi connectivity index (χ1) is 2.89. The first kappa shape index (κ1) is 4.36. The fourth-order valence-corrected chi connectivity index (χ4v) is 0.874. The summed E-state index contributed by atoms with van der Waals surface area (Å²) in [5.74, 6) is 0. The van der Waals surface area contributed by atoms with Gasteiger partial charge in [-0.05, 0) is 11.9 Å². The fraction of sp³-hybridized carbons (Fsp3) is 0. The molecule has 33 valence electrons. The molecule has 1 heterocycles. The molecule has 1 radical (unpaired) electrons. The van der Waals surface area contributed by atoms with E-state index in [9.17, 15) is 0 Å². The van der Waals surface area contributed by atoms with Crippen LogP contribution in [0.2, 0.25) is 0 Å². The maximum Gasteiger partial charge on any atom is 0.0623 e. The Bertz CT molecular complexity index is 71.9. The van der Waals surface area contributed by atoms with E-state index < -0.39 is 0 Å². The number of hydrogen-bond donors (Lipinski definition) is 1. The summed E-state index contributed by atoms with van der Waals surface area (Å²) in [6, 6.07) is 0. The van der Waals surface area contributed by atoms with Gasteiger partial charge in [0.15, 0.2) is 0 Å². The first-order valence-electron chi connectivity index (χ1n) is 1.44. The van der Waals surface area contributed by atoms with Gasteiger partial charge in [0.05, 0.1) is 12.8 Å². The van der Waals surface area contributed by atoms with Gasteiger partial charge in [0.2, 0.25) is 0 Å². The quantitative estimate of drug-likeness (QED) is 0.480. The highest BCUT2D eigenvalue weighted by Crippen LogP contribution is 2.08. The Labute approximate surface area is 46.2 Å². The van der Waals surface area contributed by atoms with Gasteiger partial charge in [-0.3, -0.25) is 0 Å². The van der Waals surface area contributed by atoms with E-state index in [1.165, 1.54) is 16.4 Å². The lowest BCUT2D eigenvalue weighted by atomic mass is 11.1. The van der Waals surface area contributed by atoms with Gasteiger partial charge in [0, 0.05) is 11.6 Å². The van der Waals surface area contributed by atoms with Gasteiger partial charge in [-0.15, -0.1) is 0 Å². The molecule has 0 aliphatic carbocycles. The Morgan fingerprint density at radius 3 is 2.83 bits per heavy atom. The van der Waals surface area contributed by atoms with Crippen LogP contribution in [0, 0.1) is 0 Å². The van der Waals surface area contributed by atoms with Crippen LogP contribution in [-0.2, 0) is 0 Å². The second-order valence-electron chi connectivity index (χ2n) is 0.820. The summed E-state index contributed by atoms with van der Waals surface area (Å²) < 4.78 is 1.48. The highest BCUT2D eigenvalue weighted by Gasteiger charge is 1.94. The SMILES string of the molecule is [S]N1C=CSN1. The zero-order valence-corrected chi connectivity index (χ0v) is 4.55. The molecule has 0 bridgehead atoms. The molecular weight excluding hydrogens is 116 g/mol. The molecule has 4 heteroatoms. The third-order valence-electron chi connectivity index (χ3n) is 0.407. The second-order valence-corrected chi connectivity index (χ2v) is 1.90. The van der Waals surface area contributed by atoms with E-state index >= 15 is 0 Å². The monoisotopic (exact) mass is 119 g/mol. The van der Waals surface area contributed by atoms with E-state index in [2.05, 4.69) is 17.6 Å². The van der Waals surface area contributed by atoms with Crippen molar-refractivity contribution in [1.82, 2.24) is 9.25 Å². The van der Waals surface area contributed by atoms with Crippen LogP contribution in [0.3, 0.4) is 0 Å². The molecule has 0 saturated heterocycles. The number of nitrogens with one attached hydrogen (secondary N) is 1. The van der Waals surface area contributed by atoms with Crippen LogP contribution in [0.5, 0.6) is 0 Å². The lowest BCUT2D eigenvalue weighted by Crippen LogP contribution is -2.10. The molecular formula is C2H3N2S2. The predicted octanol–water partition coefficient (Wildman–Crippen LogP) is 1.04. The van der Waals surface area contributed by atoms with Gasteiger partial charge in [-0.2, -0.15) is 4.83 Å². The Morgan fingerprint density at radius 1 is 1.83 bits per heavy atom. The second kappa shape index (κ2) is 1.77. The van der Waals surface area contributed by atoms with Gasteiger partial charge in [-0.1, -0.05) is 0 Å². The molecule has 0 aromatic heterocycles. The van der Waals surface area contributed by atoms with Crippen LogP contribution in [0.25, 0.3) is 0 Å². The molecule has 6 heavy (non-hydrogen) atoms. The topological polar surface area (TPSA) is 15.3 Å². The number of hydrazine groups is 1. The van der Waals surface area contributed by atoms with Gasteiger partial charge in [0.1, 0.15) is 0 Å². The molecule has 2 nitrogen and oxygen atoms in total. The lowest BCUT2D eigenvalue weighted by Gasteiger charge is -1.98. The third-order valence-corrected chi connectivity index (χ3v) is 1.30. The summed E-state index contributed by atoms with van der Waals surface area (Å²) >= 11 is 6.09. The van der Waals surface area contributed by atoms with E-state index in [-0.39, 0.29) is 0 Å². The maximum absolute atomic E-state index is 4.62. The Balaban J connectivity index is 2.38. The summed E-state index contributed by atoms with van der Waals surface area (Å²) in [6.45, 7) is 0. The minimum atomic E-state index is 1.47. The Morgan fingerprint density at radius 2 is 2.67 bits per heavy atom. The van der Waals surface area contributed by atoms with Crippen molar-refractivity contribution in [3.05, 3.63) is 11.6 Å². The highest BCUT2D eigenvalue weighted by molar-refractivity contribution is 8.00. The van der Waals surface area contributed by atoms with Gasteiger partial charge >= 0.3 is 0 Å². The smallest absolute Gasteiger partial charge is 0.0623 e. The van der Waals surface area contributed by atoms with Crippen molar-refractivity contribution < 1.29 is 0 Å². The molecule has 0 amide bonds. The van der Waals surface area contributed by atoms with Crippen molar-refractivity contribution in [2.75, 3.05) is 0 Å². The Kier molecular flexibility index (Phi) is 1.29. The van der Waals surface area contributed by atoms with E-state index in [1.807, 2.05) is 5.41 Å². The summed E-state index contributed by atoms with van der Waals surface area (Å²) in [5, 5.41) is 1.88. The summed E-state index contributed by atoms with van der Waals surface area (Å²) in [6.07, 6.45) is 1.78. The van der Waals surface area contributed by atoms with Crippen molar-refractivity contribution in [3.63, 3.8) is 0 Å². The molecule has 1 rings (SSSR count). The average molecular weight is 119 g/mol. The van der Waals surface area contributed by atoms with Crippen molar-refractivity contribution in [2.45, 2.75) is 0 Å².